The van der Waals surface area contributed by atoms with E-state index in [4.69, 9.17) is 0 Å². The van der Waals surface area contributed by atoms with Crippen molar-refractivity contribution >= 4 is 21.8 Å². The Morgan fingerprint density at radius 1 is 1.06 bits per heavy atom. The zero-order valence-corrected chi connectivity index (χ0v) is 17.2. The van der Waals surface area contributed by atoms with Crippen LogP contribution in [0.2, 0.25) is 0 Å². The molecule has 6 nitrogen and oxygen atoms in total. The number of likely N-dealkylation sites (tertiary alicyclic amines) is 1. The Bertz CT molecular complexity index is 1120. The van der Waals surface area contributed by atoms with Crippen LogP contribution in [-0.2, 0) is 27.5 Å². The van der Waals surface area contributed by atoms with Gasteiger partial charge in [-0.05, 0) is 42.7 Å². The summed E-state index contributed by atoms with van der Waals surface area (Å²) < 4.78 is 66.3. The van der Waals surface area contributed by atoms with Crippen molar-refractivity contribution in [3.8, 4) is 0 Å². The number of carbonyl (C=O) groups excluding carboxylic acids is 1. The van der Waals surface area contributed by atoms with Crippen molar-refractivity contribution in [1.29, 1.82) is 0 Å². The zero-order chi connectivity index (χ0) is 22.2. The van der Waals surface area contributed by atoms with Crippen LogP contribution in [0.4, 0.5) is 13.2 Å². The summed E-state index contributed by atoms with van der Waals surface area (Å²) in [5, 5.41) is 2.78. The van der Waals surface area contributed by atoms with Gasteiger partial charge in [0.05, 0.1) is 5.56 Å². The third-order valence-electron chi connectivity index (χ3n) is 5.53. The number of fused-ring (bicyclic) bond motifs is 1. The van der Waals surface area contributed by atoms with Crippen molar-refractivity contribution < 1.29 is 26.4 Å². The van der Waals surface area contributed by atoms with Gasteiger partial charge in [-0.3, -0.25) is 4.79 Å². The summed E-state index contributed by atoms with van der Waals surface area (Å²) in [5.74, 6) is -0.000282. The van der Waals surface area contributed by atoms with E-state index in [2.05, 4.69) is 9.71 Å². The molecular weight excluding hydrogens is 431 g/mol. The third kappa shape index (κ3) is 4.43. The van der Waals surface area contributed by atoms with Gasteiger partial charge in [0.25, 0.3) is 10.0 Å². The fourth-order valence-electron chi connectivity index (χ4n) is 3.82. The van der Waals surface area contributed by atoms with Gasteiger partial charge in [0.1, 0.15) is 4.90 Å². The van der Waals surface area contributed by atoms with E-state index in [1.54, 1.807) is 18.2 Å². The van der Waals surface area contributed by atoms with E-state index < -0.39 is 21.8 Å². The minimum atomic E-state index is -4.39. The van der Waals surface area contributed by atoms with E-state index >= 15 is 0 Å². The van der Waals surface area contributed by atoms with Crippen molar-refractivity contribution in [2.45, 2.75) is 30.5 Å². The van der Waals surface area contributed by atoms with E-state index in [1.807, 2.05) is 4.90 Å². The molecule has 0 bridgehead atoms. The Hall–Kier alpha value is -2.88. The summed E-state index contributed by atoms with van der Waals surface area (Å²) in [6, 6.07) is 11.4. The Kier molecular flexibility index (Phi) is 5.50. The van der Waals surface area contributed by atoms with Gasteiger partial charge in [-0.2, -0.15) is 21.6 Å². The van der Waals surface area contributed by atoms with E-state index in [9.17, 15) is 26.4 Å². The molecule has 2 aliphatic rings. The fourth-order valence-corrected chi connectivity index (χ4v) is 5.04. The summed E-state index contributed by atoms with van der Waals surface area (Å²) in [5.41, 5.74) is 0.432. The predicted molar refractivity (Wildman–Crippen MR) is 108 cm³/mol. The maximum atomic E-state index is 12.6. The van der Waals surface area contributed by atoms with Crippen molar-refractivity contribution in [1.82, 2.24) is 10.2 Å². The molecule has 2 aromatic carbocycles. The summed E-state index contributed by atoms with van der Waals surface area (Å²) in [4.78, 5) is 14.6. The maximum absolute atomic E-state index is 12.6. The molecule has 0 atom stereocenters. The first-order chi connectivity index (χ1) is 14.6. The van der Waals surface area contributed by atoms with Crippen LogP contribution in [0.1, 0.15) is 29.5 Å². The first kappa shape index (κ1) is 21.4. The Balaban J connectivity index is 1.33. The number of halogens is 3. The number of hydrogen-bond acceptors (Lipinski definition) is 4. The molecule has 0 radical (unpaired) electrons. The molecule has 1 saturated heterocycles. The molecule has 164 valence electrons. The fraction of sp³-hybridized carbons (Fsp3) is 0.333. The molecule has 2 heterocycles. The third-order valence-corrected chi connectivity index (χ3v) is 6.85. The predicted octanol–water partition coefficient (Wildman–Crippen LogP) is 3.18. The SMILES string of the molecule is O=C(NCc1ccc(C(F)(F)F)cc1)C1CCN(C2=NS(=O)(=O)c3ccccc32)CC1. The molecule has 1 fully saturated rings. The van der Waals surface area contributed by atoms with Crippen LogP contribution in [0.3, 0.4) is 0 Å². The van der Waals surface area contributed by atoms with Crippen LogP contribution in [0.25, 0.3) is 0 Å². The van der Waals surface area contributed by atoms with Gasteiger partial charge in [-0.15, -0.1) is 4.40 Å². The minimum absolute atomic E-state index is 0.148. The van der Waals surface area contributed by atoms with E-state index in [0.29, 0.717) is 42.9 Å². The zero-order valence-electron chi connectivity index (χ0n) is 16.4. The van der Waals surface area contributed by atoms with Gasteiger partial charge < -0.3 is 10.2 Å². The highest BCUT2D eigenvalue weighted by atomic mass is 32.2. The lowest BCUT2D eigenvalue weighted by molar-refractivity contribution is -0.137. The molecule has 4 rings (SSSR count). The standard InChI is InChI=1S/C21H20F3N3O3S/c22-21(23,24)16-7-5-14(6-8-16)13-25-20(28)15-9-11-27(12-10-15)19-17-3-1-2-4-18(17)31(29,30)26-19/h1-8,15H,9-13H2,(H,25,28). The molecule has 1 amide bonds. The molecule has 2 aromatic rings. The van der Waals surface area contributed by atoms with Gasteiger partial charge in [0.2, 0.25) is 5.91 Å². The topological polar surface area (TPSA) is 78.8 Å². The molecule has 2 aliphatic heterocycles. The van der Waals surface area contributed by atoms with Crippen LogP contribution >= 0.6 is 0 Å². The van der Waals surface area contributed by atoms with Gasteiger partial charge in [0, 0.05) is 31.1 Å². The van der Waals surface area contributed by atoms with Gasteiger partial charge in [0.15, 0.2) is 5.84 Å². The maximum Gasteiger partial charge on any atom is 0.416 e. The number of nitrogens with zero attached hydrogens (tertiary/aromatic N) is 2. The lowest BCUT2D eigenvalue weighted by Gasteiger charge is -2.32. The van der Waals surface area contributed by atoms with Crippen molar-refractivity contribution in [3.63, 3.8) is 0 Å². The van der Waals surface area contributed by atoms with Crippen molar-refractivity contribution in [3.05, 3.63) is 65.2 Å². The molecule has 0 aromatic heterocycles. The molecule has 31 heavy (non-hydrogen) atoms. The van der Waals surface area contributed by atoms with Crippen LogP contribution in [0, 0.1) is 5.92 Å². The second-order valence-corrected chi connectivity index (χ2v) is 9.13. The molecule has 0 spiro atoms. The average molecular weight is 451 g/mol. The summed E-state index contributed by atoms with van der Waals surface area (Å²) in [6.45, 7) is 1.12. The second kappa shape index (κ2) is 7.99. The smallest absolute Gasteiger partial charge is 0.355 e. The molecule has 0 aliphatic carbocycles. The van der Waals surface area contributed by atoms with Crippen LogP contribution < -0.4 is 5.32 Å². The monoisotopic (exact) mass is 451 g/mol. The highest BCUT2D eigenvalue weighted by Crippen LogP contribution is 2.30. The number of carbonyl (C=O) groups is 1. The first-order valence-corrected chi connectivity index (χ1v) is 11.2. The lowest BCUT2D eigenvalue weighted by atomic mass is 9.95. The molecule has 0 unspecified atom stereocenters. The number of amidine groups is 1. The first-order valence-electron chi connectivity index (χ1n) is 9.78. The quantitative estimate of drug-likeness (QED) is 0.778. The number of nitrogens with one attached hydrogen (secondary N) is 1. The summed E-state index contributed by atoms with van der Waals surface area (Å²) in [7, 11) is -3.69. The van der Waals surface area contributed by atoms with Crippen molar-refractivity contribution in [2.24, 2.45) is 10.3 Å². The summed E-state index contributed by atoms with van der Waals surface area (Å²) >= 11 is 0. The van der Waals surface area contributed by atoms with Gasteiger partial charge in [-0.1, -0.05) is 24.3 Å². The number of alkyl halides is 3. The normalized spacial score (nSPS) is 18.4. The number of rotatable bonds is 3. The number of piperidine rings is 1. The van der Waals surface area contributed by atoms with E-state index in [1.165, 1.54) is 18.2 Å². The number of amides is 1. The minimum Gasteiger partial charge on any atom is -0.355 e. The molecule has 0 saturated carbocycles. The van der Waals surface area contributed by atoms with E-state index in [0.717, 1.165) is 12.1 Å². The molecule has 1 N–H and O–H groups in total. The lowest BCUT2D eigenvalue weighted by Crippen LogP contribution is -2.42. The highest BCUT2D eigenvalue weighted by Gasteiger charge is 2.34. The Morgan fingerprint density at radius 2 is 1.71 bits per heavy atom. The molecule has 10 heteroatoms. The van der Waals surface area contributed by atoms with Crippen LogP contribution in [-0.4, -0.2) is 38.2 Å². The largest absolute Gasteiger partial charge is 0.416 e. The van der Waals surface area contributed by atoms with Crippen molar-refractivity contribution in [2.75, 3.05) is 13.1 Å². The van der Waals surface area contributed by atoms with Crippen LogP contribution in [0.5, 0.6) is 0 Å². The Labute approximate surface area is 177 Å². The van der Waals surface area contributed by atoms with Crippen LogP contribution in [0.15, 0.2) is 57.8 Å². The second-order valence-electron chi connectivity index (χ2n) is 7.56. The summed E-state index contributed by atoms with van der Waals surface area (Å²) in [6.07, 6.45) is -3.33. The number of sulfonamides is 1. The van der Waals surface area contributed by atoms with Gasteiger partial charge >= 0.3 is 6.18 Å². The molecular formula is C21H20F3N3O3S. The number of benzene rings is 2. The average Bonchev–Trinajstić information content (AvgIpc) is 3.03. The Morgan fingerprint density at radius 3 is 2.35 bits per heavy atom. The number of hydrogen-bond donors (Lipinski definition) is 1. The van der Waals surface area contributed by atoms with Gasteiger partial charge in [-0.25, -0.2) is 0 Å². The van der Waals surface area contributed by atoms with E-state index in [-0.39, 0.29) is 23.3 Å². The highest BCUT2D eigenvalue weighted by molar-refractivity contribution is 7.90.